The van der Waals surface area contributed by atoms with Crippen LogP contribution in [0.25, 0.3) is 0 Å². The second-order valence-corrected chi connectivity index (χ2v) is 4.00. The van der Waals surface area contributed by atoms with Gasteiger partial charge in [0.05, 0.1) is 0 Å². The lowest BCUT2D eigenvalue weighted by Gasteiger charge is -2.09. The van der Waals surface area contributed by atoms with E-state index in [4.69, 9.17) is 0 Å². The van der Waals surface area contributed by atoms with Crippen molar-refractivity contribution in [1.82, 2.24) is 0 Å². The van der Waals surface area contributed by atoms with Crippen molar-refractivity contribution in [1.29, 1.82) is 0 Å². The number of halogens is 1. The molecule has 0 fully saturated rings. The molecule has 1 nitrogen and oxygen atoms in total. The molecule has 96 valence electrons. The second-order valence-electron chi connectivity index (χ2n) is 4.00. The minimum absolute atomic E-state index is 0.123. The SMILES string of the molecule is CC.CCCc1cc(F)c(C)cc1CC(C)=O. The summed E-state index contributed by atoms with van der Waals surface area (Å²) in [4.78, 5) is 11.1. The fraction of sp³-hybridized carbons (Fsp3) is 0.533. The van der Waals surface area contributed by atoms with Gasteiger partial charge < -0.3 is 0 Å². The summed E-state index contributed by atoms with van der Waals surface area (Å²) in [5, 5.41) is 0. The van der Waals surface area contributed by atoms with Gasteiger partial charge in [-0.25, -0.2) is 4.39 Å². The summed E-state index contributed by atoms with van der Waals surface area (Å²) in [5.41, 5.74) is 2.56. The molecule has 1 aromatic rings. The minimum atomic E-state index is -0.175. The van der Waals surface area contributed by atoms with E-state index in [0.717, 1.165) is 24.0 Å². The normalized spacial score (nSPS) is 9.53. The largest absolute Gasteiger partial charge is 0.300 e. The Morgan fingerprint density at radius 3 is 2.29 bits per heavy atom. The lowest BCUT2D eigenvalue weighted by atomic mass is 9.97. The number of Topliss-reactive ketones (excluding diaryl/α,β-unsaturated/α-hetero) is 1. The summed E-state index contributed by atoms with van der Waals surface area (Å²) < 4.78 is 13.3. The van der Waals surface area contributed by atoms with Crippen LogP contribution in [0.3, 0.4) is 0 Å². The van der Waals surface area contributed by atoms with Crippen LogP contribution in [-0.4, -0.2) is 5.78 Å². The molecule has 0 spiro atoms. The van der Waals surface area contributed by atoms with E-state index < -0.39 is 0 Å². The lowest BCUT2D eigenvalue weighted by Crippen LogP contribution is -2.03. The van der Waals surface area contributed by atoms with Gasteiger partial charge in [-0.15, -0.1) is 0 Å². The summed E-state index contributed by atoms with van der Waals surface area (Å²) >= 11 is 0. The zero-order chi connectivity index (χ0) is 13.4. The number of aryl methyl sites for hydroxylation is 2. The van der Waals surface area contributed by atoms with Crippen molar-refractivity contribution < 1.29 is 9.18 Å². The Labute approximate surface area is 104 Å². The van der Waals surface area contributed by atoms with E-state index in [-0.39, 0.29) is 11.6 Å². The monoisotopic (exact) mass is 238 g/mol. The predicted molar refractivity (Wildman–Crippen MR) is 70.9 cm³/mol. The maximum Gasteiger partial charge on any atom is 0.134 e. The second kappa shape index (κ2) is 7.99. The highest BCUT2D eigenvalue weighted by Gasteiger charge is 2.08. The van der Waals surface area contributed by atoms with Gasteiger partial charge in [0.15, 0.2) is 0 Å². The minimum Gasteiger partial charge on any atom is -0.300 e. The van der Waals surface area contributed by atoms with Crippen LogP contribution in [0.2, 0.25) is 0 Å². The van der Waals surface area contributed by atoms with Crippen LogP contribution >= 0.6 is 0 Å². The van der Waals surface area contributed by atoms with Crippen molar-refractivity contribution in [3.05, 3.63) is 34.6 Å². The molecule has 0 saturated heterocycles. The molecule has 0 aliphatic rings. The van der Waals surface area contributed by atoms with Crippen LogP contribution in [0.5, 0.6) is 0 Å². The number of carbonyl (C=O) groups excluding carboxylic acids is 1. The molecule has 0 amide bonds. The van der Waals surface area contributed by atoms with Crippen LogP contribution in [0, 0.1) is 12.7 Å². The van der Waals surface area contributed by atoms with Gasteiger partial charge in [-0.3, -0.25) is 4.79 Å². The van der Waals surface area contributed by atoms with Crippen molar-refractivity contribution >= 4 is 5.78 Å². The standard InChI is InChI=1S/C13H17FO.C2H6/c1-4-5-11-8-13(14)9(2)6-12(11)7-10(3)15;1-2/h6,8H,4-5,7H2,1-3H3;1-2H3. The highest BCUT2D eigenvalue weighted by Crippen LogP contribution is 2.18. The smallest absolute Gasteiger partial charge is 0.134 e. The van der Waals surface area contributed by atoms with Gasteiger partial charge in [0.2, 0.25) is 0 Å². The predicted octanol–water partition coefficient (Wildman–Crippen LogP) is 4.24. The Balaban J connectivity index is 0.00000121. The highest BCUT2D eigenvalue weighted by atomic mass is 19.1. The maximum absolute atomic E-state index is 13.3. The molecule has 0 aliphatic heterocycles. The molecule has 0 saturated carbocycles. The van der Waals surface area contributed by atoms with E-state index in [2.05, 4.69) is 6.92 Å². The number of rotatable bonds is 4. The van der Waals surface area contributed by atoms with Crippen molar-refractivity contribution in [2.75, 3.05) is 0 Å². The van der Waals surface area contributed by atoms with Gasteiger partial charge in [-0.1, -0.05) is 33.3 Å². The fourth-order valence-electron chi connectivity index (χ4n) is 1.72. The third-order valence-corrected chi connectivity index (χ3v) is 2.44. The van der Waals surface area contributed by atoms with E-state index >= 15 is 0 Å². The number of ketones is 1. The Morgan fingerprint density at radius 2 is 1.82 bits per heavy atom. The first-order valence-electron chi connectivity index (χ1n) is 6.32. The highest BCUT2D eigenvalue weighted by molar-refractivity contribution is 5.78. The topological polar surface area (TPSA) is 17.1 Å². The van der Waals surface area contributed by atoms with Gasteiger partial charge in [0, 0.05) is 6.42 Å². The zero-order valence-electron chi connectivity index (χ0n) is 11.6. The molecule has 0 atom stereocenters. The van der Waals surface area contributed by atoms with Gasteiger partial charge in [-0.2, -0.15) is 0 Å². The molecule has 17 heavy (non-hydrogen) atoms. The van der Waals surface area contributed by atoms with E-state index in [1.54, 1.807) is 26.0 Å². The first-order chi connectivity index (χ1) is 8.04. The van der Waals surface area contributed by atoms with Crippen LogP contribution < -0.4 is 0 Å². The molecule has 0 bridgehead atoms. The average molecular weight is 238 g/mol. The van der Waals surface area contributed by atoms with Gasteiger partial charge in [0.1, 0.15) is 11.6 Å². The van der Waals surface area contributed by atoms with Gasteiger partial charge in [0.25, 0.3) is 0 Å². The Bertz CT molecular complexity index is 369. The lowest BCUT2D eigenvalue weighted by molar-refractivity contribution is -0.116. The molecule has 0 N–H and O–H groups in total. The number of hydrogen-bond acceptors (Lipinski definition) is 1. The summed E-state index contributed by atoms with van der Waals surface area (Å²) in [6, 6.07) is 3.36. The summed E-state index contributed by atoms with van der Waals surface area (Å²) in [6.07, 6.45) is 2.21. The number of carbonyl (C=O) groups is 1. The van der Waals surface area contributed by atoms with E-state index in [9.17, 15) is 9.18 Å². The Hall–Kier alpha value is -1.18. The van der Waals surface area contributed by atoms with E-state index in [1.807, 2.05) is 13.8 Å². The Kier molecular flexibility index (Phi) is 7.44. The average Bonchev–Trinajstić information content (AvgIpc) is 2.28. The summed E-state index contributed by atoms with van der Waals surface area (Å²) in [6.45, 7) is 9.35. The first-order valence-corrected chi connectivity index (χ1v) is 6.32. The van der Waals surface area contributed by atoms with Crippen molar-refractivity contribution in [3.63, 3.8) is 0 Å². The fourth-order valence-corrected chi connectivity index (χ4v) is 1.72. The van der Waals surface area contributed by atoms with Crippen LogP contribution in [0.1, 0.15) is 50.8 Å². The molecule has 0 radical (unpaired) electrons. The molecule has 1 aromatic carbocycles. The van der Waals surface area contributed by atoms with Crippen LogP contribution in [0.4, 0.5) is 4.39 Å². The van der Waals surface area contributed by atoms with Crippen molar-refractivity contribution in [2.24, 2.45) is 0 Å². The molecule has 2 heteroatoms. The number of benzene rings is 1. The molecular weight excluding hydrogens is 215 g/mol. The third kappa shape index (κ3) is 5.12. The zero-order valence-corrected chi connectivity index (χ0v) is 11.6. The molecular formula is C15H23FO. The molecule has 1 rings (SSSR count). The third-order valence-electron chi connectivity index (χ3n) is 2.44. The van der Waals surface area contributed by atoms with E-state index in [1.165, 1.54) is 0 Å². The van der Waals surface area contributed by atoms with Crippen LogP contribution in [0.15, 0.2) is 12.1 Å². The maximum atomic E-state index is 13.3. The van der Waals surface area contributed by atoms with Gasteiger partial charge in [-0.05, 0) is 43.0 Å². The van der Waals surface area contributed by atoms with Crippen molar-refractivity contribution in [2.45, 2.75) is 53.9 Å². The molecule has 0 aromatic heterocycles. The molecule has 0 aliphatic carbocycles. The quantitative estimate of drug-likeness (QED) is 0.766. The Morgan fingerprint density at radius 1 is 1.24 bits per heavy atom. The summed E-state index contributed by atoms with van der Waals surface area (Å²) in [5.74, 6) is -0.0517. The summed E-state index contributed by atoms with van der Waals surface area (Å²) in [7, 11) is 0. The molecule has 0 heterocycles. The van der Waals surface area contributed by atoms with Crippen LogP contribution in [-0.2, 0) is 17.6 Å². The molecule has 0 unspecified atom stereocenters. The number of hydrogen-bond donors (Lipinski definition) is 0. The first kappa shape index (κ1) is 15.8. The van der Waals surface area contributed by atoms with Gasteiger partial charge >= 0.3 is 0 Å². The van der Waals surface area contributed by atoms with E-state index in [0.29, 0.717) is 12.0 Å². The van der Waals surface area contributed by atoms with Crippen molar-refractivity contribution in [3.8, 4) is 0 Å².